The van der Waals surface area contributed by atoms with Gasteiger partial charge in [0.25, 0.3) is 0 Å². The van der Waals surface area contributed by atoms with Gasteiger partial charge in [-0.2, -0.15) is 0 Å². The van der Waals surface area contributed by atoms with Crippen LogP contribution in [0.1, 0.15) is 60.1 Å². The van der Waals surface area contributed by atoms with Crippen molar-refractivity contribution in [3.05, 3.63) is 29.8 Å². The third-order valence-corrected chi connectivity index (χ3v) is 3.56. The van der Waals surface area contributed by atoms with E-state index in [0.717, 1.165) is 17.9 Å². The Hall–Kier alpha value is -1.51. The fourth-order valence-corrected chi connectivity index (χ4v) is 2.33. The van der Waals surface area contributed by atoms with Crippen LogP contribution in [0, 0.1) is 5.92 Å². The molecule has 1 aromatic rings. The molecule has 1 unspecified atom stereocenters. The number of hydrogen-bond donors (Lipinski definition) is 3. The summed E-state index contributed by atoms with van der Waals surface area (Å²) in [6.45, 7) is 15.7. The number of ether oxygens (including phenoxy) is 1. The van der Waals surface area contributed by atoms with Crippen LogP contribution in [-0.2, 0) is 4.79 Å². The lowest BCUT2D eigenvalue weighted by Gasteiger charge is -2.21. The van der Waals surface area contributed by atoms with Gasteiger partial charge in [-0.25, -0.2) is 4.99 Å². The van der Waals surface area contributed by atoms with E-state index >= 15 is 0 Å². The van der Waals surface area contributed by atoms with E-state index in [2.05, 4.69) is 41.7 Å². The number of hydrogen-bond acceptors (Lipinski definition) is 3. The summed E-state index contributed by atoms with van der Waals surface area (Å²) in [4.78, 5) is 16.4. The molecule has 0 aliphatic carbocycles. The Balaban J connectivity index is 0.00000729. The fraction of sp³-hybridized carbons (Fsp3) is 0.619. The lowest BCUT2D eigenvalue weighted by molar-refractivity contribution is -0.121. The summed E-state index contributed by atoms with van der Waals surface area (Å²) < 4.78 is 5.73. The van der Waals surface area contributed by atoms with Crippen molar-refractivity contribution in [1.29, 1.82) is 0 Å². The minimum Gasteiger partial charge on any atom is -0.493 e. The summed E-state index contributed by atoms with van der Waals surface area (Å²) in [6.07, 6.45) is 0. The zero-order valence-electron chi connectivity index (χ0n) is 18.3. The quantitative estimate of drug-likeness (QED) is 0.286. The second kappa shape index (κ2) is 12.9. The van der Waals surface area contributed by atoms with Crippen molar-refractivity contribution in [2.75, 3.05) is 19.7 Å². The number of amides is 1. The topological polar surface area (TPSA) is 74.8 Å². The second-order valence-electron chi connectivity index (χ2n) is 8.13. The molecule has 1 aromatic carbocycles. The van der Waals surface area contributed by atoms with Gasteiger partial charge in [0.15, 0.2) is 5.96 Å². The van der Waals surface area contributed by atoms with Gasteiger partial charge in [0.05, 0.1) is 12.6 Å². The fourth-order valence-electron chi connectivity index (χ4n) is 2.33. The summed E-state index contributed by atoms with van der Waals surface area (Å²) in [5.74, 6) is 1.90. The summed E-state index contributed by atoms with van der Waals surface area (Å²) in [5, 5.41) is 9.43. The van der Waals surface area contributed by atoms with Gasteiger partial charge >= 0.3 is 0 Å². The van der Waals surface area contributed by atoms with E-state index in [1.165, 1.54) is 0 Å². The van der Waals surface area contributed by atoms with E-state index in [1.54, 1.807) is 0 Å². The van der Waals surface area contributed by atoms with Gasteiger partial charge in [-0.3, -0.25) is 4.79 Å². The molecule has 0 saturated carbocycles. The molecule has 0 bridgehead atoms. The molecule has 160 valence electrons. The number of nitrogens with zero attached hydrogens (tertiary/aromatic N) is 1. The first-order chi connectivity index (χ1) is 12.6. The van der Waals surface area contributed by atoms with Gasteiger partial charge in [0, 0.05) is 12.1 Å². The van der Waals surface area contributed by atoms with E-state index < -0.39 is 0 Å². The average molecular weight is 504 g/mol. The highest BCUT2D eigenvalue weighted by Crippen LogP contribution is 2.18. The normalized spacial score (nSPS) is 12.8. The SMILES string of the molecule is CCNC(=NCC(=O)NC(C)(C)C)NC(C)c1ccc(OCC(C)C)cc1.I. The molecule has 0 heterocycles. The van der Waals surface area contributed by atoms with E-state index in [-0.39, 0.29) is 48.0 Å². The van der Waals surface area contributed by atoms with E-state index in [0.29, 0.717) is 18.5 Å². The number of carbonyl (C=O) groups excluding carboxylic acids is 1. The number of halogens is 1. The van der Waals surface area contributed by atoms with Crippen LogP contribution in [0.4, 0.5) is 0 Å². The molecule has 6 nitrogen and oxygen atoms in total. The third-order valence-electron chi connectivity index (χ3n) is 3.56. The molecule has 3 N–H and O–H groups in total. The standard InChI is InChI=1S/C21H36N4O2.HI/c1-8-22-20(23-13-19(26)25-21(5,6)7)24-16(4)17-9-11-18(12-10-17)27-14-15(2)3;/h9-12,15-16H,8,13-14H2,1-7H3,(H,25,26)(H2,22,23,24);1H. The van der Waals surface area contributed by atoms with E-state index in [9.17, 15) is 4.79 Å². The molecular weight excluding hydrogens is 467 g/mol. The number of nitrogens with one attached hydrogen (secondary N) is 3. The summed E-state index contributed by atoms with van der Waals surface area (Å²) in [5.41, 5.74) is 0.863. The van der Waals surface area contributed by atoms with Crippen LogP contribution in [0.2, 0.25) is 0 Å². The zero-order valence-corrected chi connectivity index (χ0v) is 20.6. The van der Waals surface area contributed by atoms with Crippen molar-refractivity contribution < 1.29 is 9.53 Å². The van der Waals surface area contributed by atoms with E-state index in [4.69, 9.17) is 4.74 Å². The monoisotopic (exact) mass is 504 g/mol. The Labute approximate surface area is 187 Å². The molecular formula is C21H37IN4O2. The van der Waals surface area contributed by atoms with Crippen LogP contribution in [0.15, 0.2) is 29.3 Å². The van der Waals surface area contributed by atoms with Gasteiger partial charge in [-0.15, -0.1) is 24.0 Å². The molecule has 0 aliphatic heterocycles. The van der Waals surface area contributed by atoms with Gasteiger partial charge < -0.3 is 20.7 Å². The van der Waals surface area contributed by atoms with Crippen LogP contribution in [-0.4, -0.2) is 37.1 Å². The highest BCUT2D eigenvalue weighted by molar-refractivity contribution is 14.0. The lowest BCUT2D eigenvalue weighted by atomic mass is 10.1. The van der Waals surface area contributed by atoms with Gasteiger partial charge in [0.1, 0.15) is 12.3 Å². The first-order valence-electron chi connectivity index (χ1n) is 9.69. The minimum absolute atomic E-state index is 0. The second-order valence-corrected chi connectivity index (χ2v) is 8.13. The van der Waals surface area contributed by atoms with Crippen molar-refractivity contribution in [2.45, 2.75) is 60.0 Å². The Morgan fingerprint density at radius 2 is 1.75 bits per heavy atom. The molecule has 28 heavy (non-hydrogen) atoms. The number of aliphatic imine (C=N–C) groups is 1. The summed E-state index contributed by atoms with van der Waals surface area (Å²) >= 11 is 0. The average Bonchev–Trinajstić information content (AvgIpc) is 2.57. The predicted molar refractivity (Wildman–Crippen MR) is 128 cm³/mol. The van der Waals surface area contributed by atoms with Crippen LogP contribution in [0.25, 0.3) is 0 Å². The highest BCUT2D eigenvalue weighted by atomic mass is 127. The minimum atomic E-state index is -0.259. The largest absolute Gasteiger partial charge is 0.493 e. The van der Waals surface area contributed by atoms with Crippen molar-refractivity contribution in [2.24, 2.45) is 10.9 Å². The molecule has 7 heteroatoms. The lowest BCUT2D eigenvalue weighted by Crippen LogP contribution is -2.43. The van der Waals surface area contributed by atoms with E-state index in [1.807, 2.05) is 52.0 Å². The van der Waals surface area contributed by atoms with Gasteiger partial charge in [-0.05, 0) is 58.2 Å². The summed E-state index contributed by atoms with van der Waals surface area (Å²) in [6, 6.07) is 8.10. The van der Waals surface area contributed by atoms with Crippen LogP contribution >= 0.6 is 24.0 Å². The Morgan fingerprint density at radius 1 is 1.14 bits per heavy atom. The zero-order chi connectivity index (χ0) is 20.4. The maximum atomic E-state index is 12.0. The third kappa shape index (κ3) is 11.4. The number of rotatable bonds is 8. The molecule has 0 fully saturated rings. The van der Waals surface area contributed by atoms with Gasteiger partial charge in [0.2, 0.25) is 5.91 Å². The Morgan fingerprint density at radius 3 is 2.25 bits per heavy atom. The molecule has 0 saturated heterocycles. The molecule has 0 aromatic heterocycles. The van der Waals surface area contributed by atoms with Crippen LogP contribution in [0.3, 0.4) is 0 Å². The van der Waals surface area contributed by atoms with Crippen LogP contribution < -0.4 is 20.7 Å². The first-order valence-corrected chi connectivity index (χ1v) is 9.69. The number of benzene rings is 1. The molecule has 1 amide bonds. The molecule has 0 aliphatic rings. The predicted octanol–water partition coefficient (Wildman–Crippen LogP) is 3.87. The van der Waals surface area contributed by atoms with Crippen molar-refractivity contribution in [1.82, 2.24) is 16.0 Å². The molecule has 0 spiro atoms. The highest BCUT2D eigenvalue weighted by Gasteiger charge is 2.14. The Kier molecular flexibility index (Phi) is 12.2. The summed E-state index contributed by atoms with van der Waals surface area (Å²) in [7, 11) is 0. The van der Waals surface area contributed by atoms with Crippen molar-refractivity contribution in [3.63, 3.8) is 0 Å². The number of guanidine groups is 1. The molecule has 1 rings (SSSR count). The smallest absolute Gasteiger partial charge is 0.242 e. The van der Waals surface area contributed by atoms with Crippen molar-refractivity contribution in [3.8, 4) is 5.75 Å². The maximum Gasteiger partial charge on any atom is 0.242 e. The maximum absolute atomic E-state index is 12.0. The first kappa shape index (κ1) is 26.5. The molecule has 0 radical (unpaired) electrons. The number of carbonyl (C=O) groups is 1. The van der Waals surface area contributed by atoms with Crippen LogP contribution in [0.5, 0.6) is 5.75 Å². The molecule has 1 atom stereocenters. The van der Waals surface area contributed by atoms with Crippen molar-refractivity contribution >= 4 is 35.8 Å². The Bertz CT molecular complexity index is 610. The van der Waals surface area contributed by atoms with Gasteiger partial charge in [-0.1, -0.05) is 26.0 Å².